The molecule has 4 nitrogen and oxygen atoms in total. The van der Waals surface area contributed by atoms with Crippen molar-refractivity contribution in [1.82, 2.24) is 10.3 Å². The van der Waals surface area contributed by atoms with E-state index in [0.717, 1.165) is 28.9 Å². The molecule has 4 aliphatic carbocycles. The van der Waals surface area contributed by atoms with Crippen molar-refractivity contribution in [2.75, 3.05) is 0 Å². The summed E-state index contributed by atoms with van der Waals surface area (Å²) in [6.45, 7) is 0. The van der Waals surface area contributed by atoms with E-state index in [0.29, 0.717) is 5.56 Å². The van der Waals surface area contributed by atoms with Crippen molar-refractivity contribution in [3.8, 4) is 0 Å². The number of benzene rings is 1. The predicted octanol–water partition coefficient (Wildman–Crippen LogP) is 3.53. The number of hydrogen-bond acceptors (Lipinski definition) is 3. The molecule has 4 aliphatic rings. The first-order valence-corrected chi connectivity index (χ1v) is 8.35. The van der Waals surface area contributed by atoms with Crippen LogP contribution in [0.15, 0.2) is 29.0 Å². The minimum absolute atomic E-state index is 0.0480. The zero-order chi connectivity index (χ0) is 14.7. The Hall–Kier alpha value is -1.84. The molecule has 22 heavy (non-hydrogen) atoms. The normalized spacial score (nSPS) is 35.9. The first kappa shape index (κ1) is 12.7. The van der Waals surface area contributed by atoms with Crippen molar-refractivity contribution < 1.29 is 9.21 Å². The zero-order valence-electron chi connectivity index (χ0n) is 12.5. The first-order chi connectivity index (χ1) is 10.7. The molecule has 0 aliphatic heterocycles. The van der Waals surface area contributed by atoms with Gasteiger partial charge in [0.2, 0.25) is 0 Å². The highest BCUT2D eigenvalue weighted by Crippen LogP contribution is 2.55. The van der Waals surface area contributed by atoms with Gasteiger partial charge in [0.1, 0.15) is 5.52 Å². The maximum atomic E-state index is 12.7. The van der Waals surface area contributed by atoms with Crippen LogP contribution in [0.4, 0.5) is 0 Å². The third kappa shape index (κ3) is 1.89. The second kappa shape index (κ2) is 4.34. The SMILES string of the molecule is O=C(NC12CC3CC(CC(C3)C1)C2)c1ccc2ocnc2c1. The number of nitrogens with zero attached hydrogens (tertiary/aromatic N) is 1. The largest absolute Gasteiger partial charge is 0.443 e. The van der Waals surface area contributed by atoms with Gasteiger partial charge < -0.3 is 9.73 Å². The average molecular weight is 296 g/mol. The number of carbonyl (C=O) groups excluding carboxylic acids is 1. The number of nitrogens with one attached hydrogen (secondary N) is 1. The second-order valence-corrected chi connectivity index (χ2v) is 7.69. The van der Waals surface area contributed by atoms with Gasteiger partial charge in [-0.2, -0.15) is 0 Å². The van der Waals surface area contributed by atoms with Gasteiger partial charge in [-0.05, 0) is 74.5 Å². The number of carbonyl (C=O) groups is 1. The van der Waals surface area contributed by atoms with Crippen LogP contribution in [0.5, 0.6) is 0 Å². The quantitative estimate of drug-likeness (QED) is 0.922. The van der Waals surface area contributed by atoms with E-state index in [-0.39, 0.29) is 11.4 Å². The number of oxazole rings is 1. The molecule has 0 unspecified atom stereocenters. The second-order valence-electron chi connectivity index (χ2n) is 7.69. The van der Waals surface area contributed by atoms with Gasteiger partial charge in [-0.3, -0.25) is 4.79 Å². The molecule has 6 rings (SSSR count). The van der Waals surface area contributed by atoms with E-state index in [9.17, 15) is 4.79 Å². The Kier molecular flexibility index (Phi) is 2.50. The maximum Gasteiger partial charge on any atom is 0.251 e. The number of fused-ring (bicyclic) bond motifs is 1. The number of amides is 1. The van der Waals surface area contributed by atoms with E-state index < -0.39 is 0 Å². The third-order valence-electron chi connectivity index (χ3n) is 6.01. The molecule has 4 heteroatoms. The van der Waals surface area contributed by atoms with Crippen LogP contribution in [-0.2, 0) is 0 Å². The molecule has 1 amide bonds. The Bertz CT molecular complexity index is 713. The van der Waals surface area contributed by atoms with Gasteiger partial charge in [-0.1, -0.05) is 0 Å². The fourth-order valence-corrected chi connectivity index (χ4v) is 5.58. The van der Waals surface area contributed by atoms with E-state index >= 15 is 0 Å². The summed E-state index contributed by atoms with van der Waals surface area (Å²) in [7, 11) is 0. The van der Waals surface area contributed by atoms with Gasteiger partial charge in [0.25, 0.3) is 5.91 Å². The molecule has 4 bridgehead atoms. The van der Waals surface area contributed by atoms with Crippen LogP contribution in [0.1, 0.15) is 48.9 Å². The van der Waals surface area contributed by atoms with E-state index in [1.54, 1.807) is 0 Å². The van der Waals surface area contributed by atoms with E-state index in [2.05, 4.69) is 10.3 Å². The van der Waals surface area contributed by atoms with Crippen LogP contribution in [0.3, 0.4) is 0 Å². The molecule has 4 fully saturated rings. The summed E-state index contributed by atoms with van der Waals surface area (Å²) < 4.78 is 5.24. The minimum Gasteiger partial charge on any atom is -0.443 e. The summed E-state index contributed by atoms with van der Waals surface area (Å²) in [6, 6.07) is 5.49. The molecule has 1 N–H and O–H groups in total. The van der Waals surface area contributed by atoms with E-state index in [1.165, 1.54) is 44.9 Å². The van der Waals surface area contributed by atoms with E-state index in [4.69, 9.17) is 4.42 Å². The molecule has 0 saturated heterocycles. The predicted molar refractivity (Wildman–Crippen MR) is 82.4 cm³/mol. The third-order valence-corrected chi connectivity index (χ3v) is 6.01. The fraction of sp³-hybridized carbons (Fsp3) is 0.556. The van der Waals surface area contributed by atoms with Crippen molar-refractivity contribution in [1.29, 1.82) is 0 Å². The van der Waals surface area contributed by atoms with Crippen molar-refractivity contribution >= 4 is 17.0 Å². The molecular formula is C18H20N2O2. The van der Waals surface area contributed by atoms with E-state index in [1.807, 2.05) is 18.2 Å². The summed E-state index contributed by atoms with van der Waals surface area (Å²) in [5.41, 5.74) is 2.23. The Labute approximate surface area is 129 Å². The van der Waals surface area contributed by atoms with Crippen LogP contribution < -0.4 is 5.32 Å². The maximum absolute atomic E-state index is 12.7. The standard InChI is InChI=1S/C18H20N2O2/c21-17(14-1-2-16-15(6-14)19-10-22-16)20-18-7-11-3-12(8-18)5-13(4-11)9-18/h1-2,6,10-13H,3-5,7-9H2,(H,20,21). The van der Waals surface area contributed by atoms with Crippen LogP contribution in [0.25, 0.3) is 11.1 Å². The Balaban J connectivity index is 1.42. The number of rotatable bonds is 2. The summed E-state index contributed by atoms with van der Waals surface area (Å²) in [4.78, 5) is 16.9. The van der Waals surface area contributed by atoms with Crippen LogP contribution in [-0.4, -0.2) is 16.4 Å². The molecule has 1 aromatic heterocycles. The highest BCUT2D eigenvalue weighted by molar-refractivity contribution is 5.97. The first-order valence-electron chi connectivity index (χ1n) is 8.35. The summed E-state index contributed by atoms with van der Waals surface area (Å²) in [6.07, 6.45) is 9.12. The van der Waals surface area contributed by atoms with Gasteiger partial charge in [0.15, 0.2) is 12.0 Å². The monoisotopic (exact) mass is 296 g/mol. The van der Waals surface area contributed by atoms with Crippen molar-refractivity contribution in [3.05, 3.63) is 30.2 Å². The van der Waals surface area contributed by atoms with Crippen molar-refractivity contribution in [3.63, 3.8) is 0 Å². The fourth-order valence-electron chi connectivity index (χ4n) is 5.58. The van der Waals surface area contributed by atoms with Crippen LogP contribution in [0, 0.1) is 17.8 Å². The molecule has 0 radical (unpaired) electrons. The minimum atomic E-state index is 0.0480. The lowest BCUT2D eigenvalue weighted by molar-refractivity contribution is -0.0167. The molecule has 1 heterocycles. The molecule has 1 aromatic carbocycles. The van der Waals surface area contributed by atoms with Gasteiger partial charge >= 0.3 is 0 Å². The molecule has 2 aromatic rings. The highest BCUT2D eigenvalue weighted by atomic mass is 16.3. The molecular weight excluding hydrogens is 276 g/mol. The highest BCUT2D eigenvalue weighted by Gasteiger charge is 2.51. The zero-order valence-corrected chi connectivity index (χ0v) is 12.5. The molecule has 114 valence electrons. The van der Waals surface area contributed by atoms with Gasteiger partial charge in [-0.25, -0.2) is 4.98 Å². The van der Waals surface area contributed by atoms with Crippen LogP contribution in [0.2, 0.25) is 0 Å². The Morgan fingerprint density at radius 1 is 1.14 bits per heavy atom. The number of hydrogen-bond donors (Lipinski definition) is 1. The number of aromatic nitrogens is 1. The van der Waals surface area contributed by atoms with Crippen LogP contribution >= 0.6 is 0 Å². The Morgan fingerprint density at radius 3 is 2.50 bits per heavy atom. The Morgan fingerprint density at radius 2 is 1.82 bits per heavy atom. The van der Waals surface area contributed by atoms with Gasteiger partial charge in [-0.15, -0.1) is 0 Å². The van der Waals surface area contributed by atoms with Gasteiger partial charge in [0.05, 0.1) is 0 Å². The van der Waals surface area contributed by atoms with Crippen molar-refractivity contribution in [2.24, 2.45) is 17.8 Å². The van der Waals surface area contributed by atoms with Gasteiger partial charge in [0, 0.05) is 11.1 Å². The summed E-state index contributed by atoms with van der Waals surface area (Å²) in [5, 5.41) is 3.40. The molecule has 0 spiro atoms. The molecule has 4 saturated carbocycles. The van der Waals surface area contributed by atoms with Crippen molar-refractivity contribution in [2.45, 2.75) is 44.1 Å². The lowest BCUT2D eigenvalue weighted by atomic mass is 9.53. The lowest BCUT2D eigenvalue weighted by Crippen LogP contribution is -2.59. The smallest absolute Gasteiger partial charge is 0.251 e. The topological polar surface area (TPSA) is 55.1 Å². The molecule has 0 atom stereocenters. The average Bonchev–Trinajstić information content (AvgIpc) is 2.92. The lowest BCUT2D eigenvalue weighted by Gasteiger charge is -2.56. The summed E-state index contributed by atoms with van der Waals surface area (Å²) in [5.74, 6) is 2.56. The summed E-state index contributed by atoms with van der Waals surface area (Å²) >= 11 is 0.